The molecule has 2 N–H and O–H groups in total. The van der Waals surface area contributed by atoms with Gasteiger partial charge in [0.05, 0.1) is 0 Å². The number of hydrogen-bond donors (Lipinski definition) is 1. The Morgan fingerprint density at radius 2 is 2.24 bits per heavy atom. The van der Waals surface area contributed by atoms with Crippen LogP contribution in [-0.2, 0) is 0 Å². The molecule has 2 rings (SSSR count). The van der Waals surface area contributed by atoms with Crippen LogP contribution in [0.2, 0.25) is 5.02 Å². The van der Waals surface area contributed by atoms with Crippen LogP contribution in [-0.4, -0.2) is 24.5 Å². The summed E-state index contributed by atoms with van der Waals surface area (Å²) >= 11 is 9.73. The predicted octanol–water partition coefficient (Wildman–Crippen LogP) is 3.59. The molecule has 1 aliphatic carbocycles. The summed E-state index contributed by atoms with van der Waals surface area (Å²) in [4.78, 5) is 2.37. The third-order valence-corrected chi connectivity index (χ3v) is 4.51. The molecule has 0 spiro atoms. The summed E-state index contributed by atoms with van der Waals surface area (Å²) in [7, 11) is 2.15. The lowest BCUT2D eigenvalue weighted by atomic mass is 9.89. The van der Waals surface area contributed by atoms with Gasteiger partial charge in [0.15, 0.2) is 0 Å². The van der Waals surface area contributed by atoms with Crippen LogP contribution in [0.3, 0.4) is 0 Å². The van der Waals surface area contributed by atoms with Crippen molar-refractivity contribution in [1.82, 2.24) is 4.90 Å². The Hall–Kier alpha value is -0.0900. The second-order valence-corrected chi connectivity index (χ2v) is 5.99. The van der Waals surface area contributed by atoms with Gasteiger partial charge in [-0.1, -0.05) is 40.0 Å². The van der Waals surface area contributed by atoms with Crippen LogP contribution in [0.4, 0.5) is 0 Å². The van der Waals surface area contributed by atoms with Gasteiger partial charge in [0.1, 0.15) is 0 Å². The molecule has 1 aromatic rings. The zero-order chi connectivity index (χ0) is 12.4. The maximum absolute atomic E-state index is 6.30. The first-order valence-electron chi connectivity index (χ1n) is 6.00. The molecule has 0 aliphatic heterocycles. The van der Waals surface area contributed by atoms with Gasteiger partial charge in [-0.15, -0.1) is 0 Å². The van der Waals surface area contributed by atoms with Crippen molar-refractivity contribution in [3.8, 4) is 0 Å². The molecule has 1 unspecified atom stereocenters. The summed E-state index contributed by atoms with van der Waals surface area (Å²) in [6, 6.07) is 6.93. The Morgan fingerprint density at radius 3 is 2.71 bits per heavy atom. The summed E-state index contributed by atoms with van der Waals surface area (Å²) in [5.41, 5.74) is 7.05. The number of nitrogens with two attached hydrogens (primary N) is 1. The summed E-state index contributed by atoms with van der Waals surface area (Å²) < 4.78 is 1.01. The van der Waals surface area contributed by atoms with Crippen molar-refractivity contribution in [2.75, 3.05) is 13.6 Å². The van der Waals surface area contributed by atoms with E-state index in [-0.39, 0.29) is 6.04 Å². The molecule has 1 fully saturated rings. The first-order valence-corrected chi connectivity index (χ1v) is 7.17. The van der Waals surface area contributed by atoms with E-state index in [0.717, 1.165) is 15.1 Å². The van der Waals surface area contributed by atoms with Crippen molar-refractivity contribution >= 4 is 27.5 Å². The van der Waals surface area contributed by atoms with E-state index in [1.54, 1.807) is 0 Å². The van der Waals surface area contributed by atoms with Gasteiger partial charge in [0, 0.05) is 28.1 Å². The lowest BCUT2D eigenvalue weighted by Gasteiger charge is -2.40. The van der Waals surface area contributed by atoms with Crippen molar-refractivity contribution in [3.05, 3.63) is 33.3 Å². The highest BCUT2D eigenvalue weighted by atomic mass is 79.9. The second kappa shape index (κ2) is 5.70. The summed E-state index contributed by atoms with van der Waals surface area (Å²) in [5, 5.41) is 0.793. The molecule has 0 bridgehead atoms. The van der Waals surface area contributed by atoms with E-state index in [2.05, 4.69) is 33.9 Å². The summed E-state index contributed by atoms with van der Waals surface area (Å²) in [5.74, 6) is 0. The maximum Gasteiger partial charge on any atom is 0.0485 e. The van der Waals surface area contributed by atoms with Gasteiger partial charge < -0.3 is 5.73 Å². The number of benzene rings is 1. The van der Waals surface area contributed by atoms with Crippen LogP contribution in [0.15, 0.2) is 22.7 Å². The minimum absolute atomic E-state index is 0.223. The van der Waals surface area contributed by atoms with E-state index >= 15 is 0 Å². The molecular weight excluding hydrogens is 300 g/mol. The third kappa shape index (κ3) is 2.84. The highest BCUT2D eigenvalue weighted by Crippen LogP contribution is 2.34. The van der Waals surface area contributed by atoms with E-state index in [9.17, 15) is 0 Å². The van der Waals surface area contributed by atoms with Crippen LogP contribution in [0, 0.1) is 0 Å². The quantitative estimate of drug-likeness (QED) is 0.919. The number of likely N-dealkylation sites (N-methyl/N-ethyl adjacent to an activating group) is 1. The van der Waals surface area contributed by atoms with Crippen LogP contribution in [0.1, 0.15) is 30.9 Å². The summed E-state index contributed by atoms with van der Waals surface area (Å²) in [6.07, 6.45) is 3.89. The SMILES string of the molecule is CN(C1CCC1)C(CN)c1ccc(Br)cc1Cl. The highest BCUT2D eigenvalue weighted by Gasteiger charge is 2.28. The molecule has 1 saturated carbocycles. The van der Waals surface area contributed by atoms with E-state index in [1.165, 1.54) is 19.3 Å². The fraction of sp³-hybridized carbons (Fsp3) is 0.538. The molecule has 0 radical (unpaired) electrons. The fourth-order valence-corrected chi connectivity index (χ4v) is 3.13. The predicted molar refractivity (Wildman–Crippen MR) is 76.3 cm³/mol. The molecule has 0 aromatic heterocycles. The minimum Gasteiger partial charge on any atom is -0.329 e. The first-order chi connectivity index (χ1) is 8.13. The lowest BCUT2D eigenvalue weighted by molar-refractivity contribution is 0.113. The standard InChI is InChI=1S/C13H18BrClN2/c1-17(10-3-2-4-10)13(8-16)11-6-5-9(14)7-12(11)15/h5-7,10,13H,2-4,8,16H2,1H3. The van der Waals surface area contributed by atoms with Gasteiger partial charge in [0.25, 0.3) is 0 Å². The monoisotopic (exact) mass is 316 g/mol. The molecule has 0 heterocycles. The number of nitrogens with zero attached hydrogens (tertiary/aromatic N) is 1. The van der Waals surface area contributed by atoms with Crippen LogP contribution in [0.25, 0.3) is 0 Å². The van der Waals surface area contributed by atoms with Gasteiger partial charge in [-0.2, -0.15) is 0 Å². The second-order valence-electron chi connectivity index (χ2n) is 4.67. The van der Waals surface area contributed by atoms with Crippen molar-refractivity contribution in [1.29, 1.82) is 0 Å². The number of rotatable bonds is 4. The average Bonchev–Trinajstić information content (AvgIpc) is 2.19. The van der Waals surface area contributed by atoms with Crippen LogP contribution < -0.4 is 5.73 Å². The molecule has 4 heteroatoms. The van der Waals surface area contributed by atoms with Crippen LogP contribution in [0.5, 0.6) is 0 Å². The van der Waals surface area contributed by atoms with Gasteiger partial charge in [-0.05, 0) is 37.6 Å². The summed E-state index contributed by atoms with van der Waals surface area (Å²) in [6.45, 7) is 0.606. The van der Waals surface area contributed by atoms with Crippen molar-refractivity contribution < 1.29 is 0 Å². The number of hydrogen-bond acceptors (Lipinski definition) is 2. The molecule has 1 aromatic carbocycles. The average molecular weight is 318 g/mol. The molecular formula is C13H18BrClN2. The zero-order valence-electron chi connectivity index (χ0n) is 10.00. The Kier molecular flexibility index (Phi) is 4.47. The van der Waals surface area contributed by atoms with Crippen molar-refractivity contribution in [2.45, 2.75) is 31.3 Å². The lowest BCUT2D eigenvalue weighted by Crippen LogP contribution is -2.42. The third-order valence-electron chi connectivity index (χ3n) is 3.69. The van der Waals surface area contributed by atoms with Gasteiger partial charge in [-0.25, -0.2) is 0 Å². The molecule has 1 atom stereocenters. The largest absolute Gasteiger partial charge is 0.329 e. The Labute approximate surface area is 116 Å². The van der Waals surface area contributed by atoms with Gasteiger partial charge in [-0.3, -0.25) is 4.90 Å². The van der Waals surface area contributed by atoms with Crippen molar-refractivity contribution in [3.63, 3.8) is 0 Å². The Balaban J connectivity index is 2.21. The normalized spacial score (nSPS) is 18.2. The number of halogens is 2. The topological polar surface area (TPSA) is 29.3 Å². The molecule has 2 nitrogen and oxygen atoms in total. The van der Waals surface area contributed by atoms with Crippen LogP contribution >= 0.6 is 27.5 Å². The molecule has 1 aliphatic rings. The van der Waals surface area contributed by atoms with E-state index in [0.29, 0.717) is 12.6 Å². The minimum atomic E-state index is 0.223. The van der Waals surface area contributed by atoms with Gasteiger partial charge in [0.2, 0.25) is 0 Å². The molecule has 0 amide bonds. The van der Waals surface area contributed by atoms with E-state index in [4.69, 9.17) is 17.3 Å². The first kappa shape index (κ1) is 13.3. The van der Waals surface area contributed by atoms with Gasteiger partial charge >= 0.3 is 0 Å². The fourth-order valence-electron chi connectivity index (χ4n) is 2.33. The molecule has 17 heavy (non-hydrogen) atoms. The Bertz CT molecular complexity index is 393. The van der Waals surface area contributed by atoms with E-state index in [1.807, 2.05) is 12.1 Å². The smallest absolute Gasteiger partial charge is 0.0485 e. The van der Waals surface area contributed by atoms with E-state index < -0.39 is 0 Å². The Morgan fingerprint density at radius 1 is 1.53 bits per heavy atom. The maximum atomic E-state index is 6.30. The molecule has 0 saturated heterocycles. The molecule has 94 valence electrons. The highest BCUT2D eigenvalue weighted by molar-refractivity contribution is 9.10. The van der Waals surface area contributed by atoms with Crippen molar-refractivity contribution in [2.24, 2.45) is 5.73 Å². The zero-order valence-corrected chi connectivity index (χ0v) is 12.3.